The van der Waals surface area contributed by atoms with Gasteiger partial charge < -0.3 is 16.4 Å². The molecule has 0 aliphatic carbocycles. The number of rotatable bonds is 6. The average Bonchev–Trinajstić information content (AvgIpc) is 2.43. The van der Waals surface area contributed by atoms with Crippen molar-refractivity contribution in [3.8, 4) is 6.07 Å². The molecule has 0 saturated heterocycles. The van der Waals surface area contributed by atoms with Crippen molar-refractivity contribution in [3.05, 3.63) is 35.0 Å². The van der Waals surface area contributed by atoms with Crippen LogP contribution in [0.1, 0.15) is 19.8 Å². The minimum atomic E-state index is -0.394. The van der Waals surface area contributed by atoms with Gasteiger partial charge in [0, 0.05) is 18.4 Å². The van der Waals surface area contributed by atoms with Crippen molar-refractivity contribution >= 4 is 28.9 Å². The largest absolute Gasteiger partial charge is 0.398 e. The fourth-order valence-electron chi connectivity index (χ4n) is 1.39. The Balaban J connectivity index is 2.67. The van der Waals surface area contributed by atoms with Gasteiger partial charge in [-0.05, 0) is 24.6 Å². The maximum absolute atomic E-state index is 11.7. The van der Waals surface area contributed by atoms with E-state index in [-0.39, 0.29) is 5.57 Å². The highest BCUT2D eigenvalue weighted by atomic mass is 35.5. The van der Waals surface area contributed by atoms with Crippen molar-refractivity contribution < 1.29 is 4.79 Å². The molecule has 1 aromatic rings. The first kappa shape index (κ1) is 15.9. The van der Waals surface area contributed by atoms with Crippen molar-refractivity contribution in [2.45, 2.75) is 19.8 Å². The van der Waals surface area contributed by atoms with Crippen LogP contribution < -0.4 is 16.4 Å². The lowest BCUT2D eigenvalue weighted by atomic mass is 10.2. The molecule has 0 aromatic heterocycles. The van der Waals surface area contributed by atoms with E-state index in [0.29, 0.717) is 22.9 Å². The predicted octanol–water partition coefficient (Wildman–Crippen LogP) is 2.66. The Morgan fingerprint density at radius 3 is 2.90 bits per heavy atom. The van der Waals surface area contributed by atoms with Crippen LogP contribution >= 0.6 is 11.6 Å². The molecule has 0 heterocycles. The maximum Gasteiger partial charge on any atom is 0.263 e. The molecule has 0 spiro atoms. The van der Waals surface area contributed by atoms with Gasteiger partial charge in [-0.25, -0.2) is 0 Å². The molecule has 0 aliphatic rings. The summed E-state index contributed by atoms with van der Waals surface area (Å²) in [6.45, 7) is 2.58. The van der Waals surface area contributed by atoms with Crippen molar-refractivity contribution in [2.75, 3.05) is 17.6 Å². The van der Waals surface area contributed by atoms with E-state index in [9.17, 15) is 4.79 Å². The number of hydrogen-bond donors (Lipinski definition) is 3. The average molecular weight is 293 g/mol. The van der Waals surface area contributed by atoms with E-state index in [1.807, 2.05) is 13.0 Å². The Labute approximate surface area is 123 Å². The first-order valence-corrected chi connectivity index (χ1v) is 6.66. The number of amides is 1. The van der Waals surface area contributed by atoms with Crippen molar-refractivity contribution in [1.82, 2.24) is 5.32 Å². The van der Waals surface area contributed by atoms with Gasteiger partial charge in [0.05, 0.1) is 10.7 Å². The first-order valence-electron chi connectivity index (χ1n) is 6.28. The Bertz CT molecular complexity index is 549. The second-order valence-corrected chi connectivity index (χ2v) is 4.57. The van der Waals surface area contributed by atoms with Crippen molar-refractivity contribution in [1.29, 1.82) is 5.26 Å². The fraction of sp³-hybridized carbons (Fsp3) is 0.286. The molecule has 0 unspecified atom stereocenters. The summed E-state index contributed by atoms with van der Waals surface area (Å²) in [6.07, 6.45) is 3.21. The lowest BCUT2D eigenvalue weighted by Gasteiger charge is -2.05. The third-order valence-corrected chi connectivity index (χ3v) is 2.89. The van der Waals surface area contributed by atoms with Gasteiger partial charge in [0.25, 0.3) is 5.91 Å². The molecule has 0 fully saturated rings. The Morgan fingerprint density at radius 1 is 1.55 bits per heavy atom. The normalized spacial score (nSPS) is 10.8. The highest BCUT2D eigenvalue weighted by Crippen LogP contribution is 2.22. The van der Waals surface area contributed by atoms with Gasteiger partial charge in [-0.1, -0.05) is 24.9 Å². The van der Waals surface area contributed by atoms with E-state index in [2.05, 4.69) is 10.6 Å². The number of carbonyl (C=O) groups excluding carboxylic acids is 1. The summed E-state index contributed by atoms with van der Waals surface area (Å²) >= 11 is 5.88. The SMILES string of the molecule is CCCCNC(=O)/C(C#N)=C\Nc1ccc(N)c(Cl)c1. The number of unbranched alkanes of at least 4 members (excludes halogenated alkanes) is 1. The lowest BCUT2D eigenvalue weighted by Crippen LogP contribution is -2.25. The number of halogens is 1. The molecule has 4 N–H and O–H groups in total. The highest BCUT2D eigenvalue weighted by Gasteiger charge is 2.07. The number of carbonyl (C=O) groups is 1. The standard InChI is InChI=1S/C14H17ClN4O/c1-2-3-6-18-14(20)10(8-16)9-19-11-4-5-13(17)12(15)7-11/h4-5,7,9,19H,2-3,6,17H2,1H3,(H,18,20)/b10-9-. The smallest absolute Gasteiger partial charge is 0.263 e. The fourth-order valence-corrected chi connectivity index (χ4v) is 1.58. The summed E-state index contributed by atoms with van der Waals surface area (Å²) in [7, 11) is 0. The number of nitrogens with one attached hydrogen (secondary N) is 2. The quantitative estimate of drug-likeness (QED) is 0.325. The number of nitrogens with zero attached hydrogens (tertiary/aromatic N) is 1. The molecule has 0 radical (unpaired) electrons. The minimum Gasteiger partial charge on any atom is -0.398 e. The van der Waals surface area contributed by atoms with E-state index < -0.39 is 5.91 Å². The number of nitrogen functional groups attached to an aromatic ring is 1. The van der Waals surface area contributed by atoms with Gasteiger partial charge in [-0.2, -0.15) is 5.26 Å². The molecule has 6 heteroatoms. The zero-order valence-corrected chi connectivity index (χ0v) is 12.0. The van der Waals surface area contributed by atoms with E-state index in [1.165, 1.54) is 6.20 Å². The summed E-state index contributed by atoms with van der Waals surface area (Å²) in [4.78, 5) is 11.7. The summed E-state index contributed by atoms with van der Waals surface area (Å²) in [5, 5.41) is 14.9. The van der Waals surface area contributed by atoms with Crippen LogP contribution in [0.5, 0.6) is 0 Å². The van der Waals surface area contributed by atoms with Crippen molar-refractivity contribution in [2.24, 2.45) is 0 Å². The van der Waals surface area contributed by atoms with Crippen LogP contribution in [0.25, 0.3) is 0 Å². The second kappa shape index (κ2) is 8.08. The van der Waals surface area contributed by atoms with Crippen LogP contribution in [0.15, 0.2) is 30.0 Å². The number of hydrogen-bond acceptors (Lipinski definition) is 4. The molecule has 1 aromatic carbocycles. The minimum absolute atomic E-state index is 0.00838. The second-order valence-electron chi connectivity index (χ2n) is 4.16. The molecule has 20 heavy (non-hydrogen) atoms. The van der Waals surface area contributed by atoms with Crippen LogP contribution in [0.3, 0.4) is 0 Å². The summed E-state index contributed by atoms with van der Waals surface area (Å²) in [6, 6.07) is 6.83. The molecule has 0 bridgehead atoms. The molecule has 0 atom stereocenters. The van der Waals surface area contributed by atoms with E-state index in [0.717, 1.165) is 12.8 Å². The summed E-state index contributed by atoms with van der Waals surface area (Å²) in [5.41, 5.74) is 6.73. The Hall–Kier alpha value is -2.19. The Morgan fingerprint density at radius 2 is 2.30 bits per heavy atom. The molecular weight excluding hydrogens is 276 g/mol. The van der Waals surface area contributed by atoms with Gasteiger partial charge in [0.15, 0.2) is 0 Å². The molecule has 0 saturated carbocycles. The Kier molecular flexibility index (Phi) is 6.41. The maximum atomic E-state index is 11.7. The molecule has 0 aliphatic heterocycles. The summed E-state index contributed by atoms with van der Waals surface area (Å²) < 4.78 is 0. The highest BCUT2D eigenvalue weighted by molar-refractivity contribution is 6.33. The number of benzene rings is 1. The van der Waals surface area contributed by atoms with E-state index in [4.69, 9.17) is 22.6 Å². The van der Waals surface area contributed by atoms with Crippen LogP contribution in [-0.2, 0) is 4.79 Å². The van der Waals surface area contributed by atoms with Gasteiger partial charge in [-0.3, -0.25) is 4.79 Å². The third kappa shape index (κ3) is 4.82. The van der Waals surface area contributed by atoms with E-state index in [1.54, 1.807) is 18.2 Å². The first-order chi connectivity index (χ1) is 9.58. The van der Waals surface area contributed by atoms with E-state index >= 15 is 0 Å². The lowest BCUT2D eigenvalue weighted by molar-refractivity contribution is -0.117. The van der Waals surface area contributed by atoms with Crippen LogP contribution in [0.4, 0.5) is 11.4 Å². The predicted molar refractivity (Wildman–Crippen MR) is 81.1 cm³/mol. The number of nitriles is 1. The number of anilines is 2. The van der Waals surface area contributed by atoms with Crippen LogP contribution in [0, 0.1) is 11.3 Å². The monoisotopic (exact) mass is 292 g/mol. The molecule has 1 amide bonds. The van der Waals surface area contributed by atoms with Gasteiger partial charge in [0.2, 0.25) is 0 Å². The molecule has 106 valence electrons. The van der Waals surface area contributed by atoms with Gasteiger partial charge in [-0.15, -0.1) is 0 Å². The molecule has 1 rings (SSSR count). The number of nitrogens with two attached hydrogens (primary N) is 1. The summed E-state index contributed by atoms with van der Waals surface area (Å²) in [5.74, 6) is -0.394. The molecular formula is C14H17ClN4O. The van der Waals surface area contributed by atoms with Gasteiger partial charge in [0.1, 0.15) is 11.6 Å². The zero-order chi connectivity index (χ0) is 15.0. The molecule has 5 nitrogen and oxygen atoms in total. The van der Waals surface area contributed by atoms with Crippen LogP contribution in [-0.4, -0.2) is 12.5 Å². The topological polar surface area (TPSA) is 90.9 Å². The third-order valence-electron chi connectivity index (χ3n) is 2.56. The van der Waals surface area contributed by atoms with Gasteiger partial charge >= 0.3 is 0 Å². The van der Waals surface area contributed by atoms with Crippen LogP contribution in [0.2, 0.25) is 5.02 Å². The van der Waals surface area contributed by atoms with Crippen molar-refractivity contribution in [3.63, 3.8) is 0 Å². The zero-order valence-electron chi connectivity index (χ0n) is 11.2.